The molecule has 0 aromatic rings. The number of nitrogens with zero attached hydrogens (tertiary/aromatic N) is 1. The summed E-state index contributed by atoms with van der Waals surface area (Å²) in [6.45, 7) is 5.95. The first-order valence-electron chi connectivity index (χ1n) is 4.30. The molecular formula is C8H16N2O. The summed E-state index contributed by atoms with van der Waals surface area (Å²) in [7, 11) is 0. The van der Waals surface area contributed by atoms with Gasteiger partial charge in [0.1, 0.15) is 0 Å². The first-order chi connectivity index (χ1) is 5.25. The second-order valence-electron chi connectivity index (χ2n) is 3.04. The molecule has 1 saturated heterocycles. The van der Waals surface area contributed by atoms with Crippen LogP contribution in [-0.4, -0.2) is 30.1 Å². The van der Waals surface area contributed by atoms with Crippen LogP contribution >= 0.6 is 0 Å². The SMILES string of the molecule is CCC(C)N1CCCNC1=O. The topological polar surface area (TPSA) is 32.3 Å². The van der Waals surface area contributed by atoms with E-state index < -0.39 is 0 Å². The highest BCUT2D eigenvalue weighted by Gasteiger charge is 2.20. The minimum Gasteiger partial charge on any atom is -0.338 e. The Labute approximate surface area is 67.8 Å². The Kier molecular flexibility index (Phi) is 2.74. The number of nitrogens with one attached hydrogen (secondary N) is 1. The number of hydrogen-bond donors (Lipinski definition) is 1. The molecule has 1 N–H and O–H groups in total. The van der Waals surface area contributed by atoms with E-state index in [1.807, 2.05) is 4.90 Å². The van der Waals surface area contributed by atoms with Gasteiger partial charge in [0.15, 0.2) is 0 Å². The minimum atomic E-state index is 0.102. The normalized spacial score (nSPS) is 21.3. The molecule has 0 aromatic carbocycles. The highest BCUT2D eigenvalue weighted by atomic mass is 16.2. The minimum absolute atomic E-state index is 0.102. The van der Waals surface area contributed by atoms with Crippen LogP contribution in [-0.2, 0) is 0 Å². The van der Waals surface area contributed by atoms with Crippen molar-refractivity contribution >= 4 is 6.03 Å². The van der Waals surface area contributed by atoms with Crippen molar-refractivity contribution in [3.05, 3.63) is 0 Å². The zero-order valence-corrected chi connectivity index (χ0v) is 7.26. The van der Waals surface area contributed by atoms with Gasteiger partial charge in [0.05, 0.1) is 0 Å². The molecule has 1 aliphatic rings. The van der Waals surface area contributed by atoms with Gasteiger partial charge in [-0.2, -0.15) is 0 Å². The third-order valence-electron chi connectivity index (χ3n) is 2.24. The molecule has 0 aromatic heterocycles. The number of carbonyl (C=O) groups is 1. The third-order valence-corrected chi connectivity index (χ3v) is 2.24. The summed E-state index contributed by atoms with van der Waals surface area (Å²) in [5.74, 6) is 0. The van der Waals surface area contributed by atoms with Crippen molar-refractivity contribution in [2.24, 2.45) is 0 Å². The van der Waals surface area contributed by atoms with Gasteiger partial charge in [0, 0.05) is 19.1 Å². The predicted molar refractivity (Wildman–Crippen MR) is 44.5 cm³/mol. The van der Waals surface area contributed by atoms with Crippen LogP contribution in [0.1, 0.15) is 26.7 Å². The van der Waals surface area contributed by atoms with Crippen LogP contribution in [0.3, 0.4) is 0 Å². The van der Waals surface area contributed by atoms with E-state index in [2.05, 4.69) is 19.2 Å². The van der Waals surface area contributed by atoms with Crippen LogP contribution in [0.2, 0.25) is 0 Å². The summed E-state index contributed by atoms with van der Waals surface area (Å²) in [5.41, 5.74) is 0. The lowest BCUT2D eigenvalue weighted by Gasteiger charge is -2.32. The molecule has 0 spiro atoms. The lowest BCUT2D eigenvalue weighted by Crippen LogP contribution is -2.50. The second kappa shape index (κ2) is 3.60. The molecule has 64 valence electrons. The van der Waals surface area contributed by atoms with Crippen LogP contribution < -0.4 is 5.32 Å². The maximum Gasteiger partial charge on any atom is 0.317 e. The fourth-order valence-electron chi connectivity index (χ4n) is 1.29. The zero-order chi connectivity index (χ0) is 8.27. The molecule has 3 heteroatoms. The molecule has 0 aliphatic carbocycles. The van der Waals surface area contributed by atoms with Gasteiger partial charge in [-0.05, 0) is 19.8 Å². The van der Waals surface area contributed by atoms with E-state index >= 15 is 0 Å². The van der Waals surface area contributed by atoms with Crippen LogP contribution in [0.15, 0.2) is 0 Å². The van der Waals surface area contributed by atoms with Crippen molar-refractivity contribution in [2.45, 2.75) is 32.7 Å². The van der Waals surface area contributed by atoms with E-state index in [-0.39, 0.29) is 6.03 Å². The lowest BCUT2D eigenvalue weighted by molar-refractivity contribution is 0.164. The number of amides is 2. The van der Waals surface area contributed by atoms with Gasteiger partial charge in [-0.1, -0.05) is 6.92 Å². The summed E-state index contributed by atoms with van der Waals surface area (Å²) in [6, 6.07) is 0.487. The smallest absolute Gasteiger partial charge is 0.317 e. The molecule has 1 rings (SSSR count). The number of urea groups is 1. The summed E-state index contributed by atoms with van der Waals surface area (Å²) >= 11 is 0. The number of rotatable bonds is 2. The van der Waals surface area contributed by atoms with Crippen molar-refractivity contribution < 1.29 is 4.79 Å². The van der Waals surface area contributed by atoms with Gasteiger partial charge < -0.3 is 10.2 Å². The zero-order valence-electron chi connectivity index (χ0n) is 7.26. The van der Waals surface area contributed by atoms with Crippen LogP contribution in [0.25, 0.3) is 0 Å². The standard InChI is InChI=1S/C8H16N2O/c1-3-7(2)10-6-4-5-9-8(10)11/h7H,3-6H2,1-2H3,(H,9,11). The van der Waals surface area contributed by atoms with Gasteiger partial charge in [-0.25, -0.2) is 4.79 Å². The Morgan fingerprint density at radius 1 is 1.73 bits per heavy atom. The molecule has 1 fully saturated rings. The second-order valence-corrected chi connectivity index (χ2v) is 3.04. The molecule has 1 aliphatic heterocycles. The van der Waals surface area contributed by atoms with Crippen molar-refractivity contribution in [3.63, 3.8) is 0 Å². The number of carbonyl (C=O) groups excluding carboxylic acids is 1. The molecular weight excluding hydrogens is 140 g/mol. The Morgan fingerprint density at radius 3 is 3.00 bits per heavy atom. The van der Waals surface area contributed by atoms with Crippen LogP contribution in [0.5, 0.6) is 0 Å². The van der Waals surface area contributed by atoms with Crippen molar-refractivity contribution in [3.8, 4) is 0 Å². The van der Waals surface area contributed by atoms with E-state index in [1.165, 1.54) is 0 Å². The average Bonchev–Trinajstić information content (AvgIpc) is 2.04. The van der Waals surface area contributed by atoms with Crippen molar-refractivity contribution in [1.29, 1.82) is 0 Å². The van der Waals surface area contributed by atoms with Crippen LogP contribution in [0, 0.1) is 0 Å². The molecule has 2 amide bonds. The van der Waals surface area contributed by atoms with E-state index in [9.17, 15) is 4.79 Å². The first-order valence-corrected chi connectivity index (χ1v) is 4.30. The van der Waals surface area contributed by atoms with Gasteiger partial charge in [-0.15, -0.1) is 0 Å². The molecule has 0 saturated carbocycles. The lowest BCUT2D eigenvalue weighted by atomic mass is 10.2. The summed E-state index contributed by atoms with van der Waals surface area (Å²) in [6.07, 6.45) is 2.11. The molecule has 11 heavy (non-hydrogen) atoms. The fourth-order valence-corrected chi connectivity index (χ4v) is 1.29. The average molecular weight is 156 g/mol. The van der Waals surface area contributed by atoms with Gasteiger partial charge in [0.2, 0.25) is 0 Å². The summed E-state index contributed by atoms with van der Waals surface area (Å²) in [5, 5.41) is 2.83. The maximum absolute atomic E-state index is 11.2. The highest BCUT2D eigenvalue weighted by molar-refractivity contribution is 5.75. The monoisotopic (exact) mass is 156 g/mol. The first kappa shape index (κ1) is 8.37. The Morgan fingerprint density at radius 2 is 2.45 bits per heavy atom. The maximum atomic E-state index is 11.2. The van der Waals surface area contributed by atoms with Crippen LogP contribution in [0.4, 0.5) is 4.79 Å². The van der Waals surface area contributed by atoms with Crippen molar-refractivity contribution in [1.82, 2.24) is 10.2 Å². The molecule has 0 bridgehead atoms. The molecule has 0 radical (unpaired) electrons. The Bertz CT molecular complexity index is 147. The van der Waals surface area contributed by atoms with E-state index in [0.717, 1.165) is 25.9 Å². The summed E-state index contributed by atoms with van der Waals surface area (Å²) < 4.78 is 0. The highest BCUT2D eigenvalue weighted by Crippen LogP contribution is 2.07. The molecule has 3 nitrogen and oxygen atoms in total. The molecule has 1 unspecified atom stereocenters. The third kappa shape index (κ3) is 1.85. The predicted octanol–water partition coefficient (Wildman–Crippen LogP) is 1.20. The van der Waals surface area contributed by atoms with Gasteiger partial charge >= 0.3 is 6.03 Å². The Hall–Kier alpha value is -0.730. The fraction of sp³-hybridized carbons (Fsp3) is 0.875. The Balaban J connectivity index is 2.47. The summed E-state index contributed by atoms with van der Waals surface area (Å²) in [4.78, 5) is 13.1. The largest absolute Gasteiger partial charge is 0.338 e. The van der Waals surface area contributed by atoms with Gasteiger partial charge in [-0.3, -0.25) is 0 Å². The molecule has 1 atom stereocenters. The van der Waals surface area contributed by atoms with E-state index in [0.29, 0.717) is 6.04 Å². The van der Waals surface area contributed by atoms with Crippen molar-refractivity contribution in [2.75, 3.05) is 13.1 Å². The van der Waals surface area contributed by atoms with E-state index in [1.54, 1.807) is 0 Å². The quantitative estimate of drug-likeness (QED) is 0.640. The number of hydrogen-bond acceptors (Lipinski definition) is 1. The van der Waals surface area contributed by atoms with Gasteiger partial charge in [0.25, 0.3) is 0 Å². The van der Waals surface area contributed by atoms with E-state index in [4.69, 9.17) is 0 Å². The molecule has 1 heterocycles.